The summed E-state index contributed by atoms with van der Waals surface area (Å²) in [6, 6.07) is 11.0. The van der Waals surface area contributed by atoms with E-state index >= 15 is 0 Å². The van der Waals surface area contributed by atoms with Crippen LogP contribution in [0.2, 0.25) is 5.02 Å². The number of carbonyl (C=O) groups is 1. The van der Waals surface area contributed by atoms with E-state index in [2.05, 4.69) is 13.8 Å². The number of halogens is 1. The number of hydrogen-bond acceptors (Lipinski definition) is 2. The van der Waals surface area contributed by atoms with Gasteiger partial charge in [-0.2, -0.15) is 0 Å². The van der Waals surface area contributed by atoms with Crippen molar-refractivity contribution in [2.24, 2.45) is 0 Å². The molecular weight excluding hydrogens is 284 g/mol. The van der Waals surface area contributed by atoms with Crippen LogP contribution in [-0.4, -0.2) is 12.4 Å². The second kappa shape index (κ2) is 4.88. The highest BCUT2D eigenvalue weighted by Gasteiger charge is 2.32. The minimum atomic E-state index is -0.0540. The van der Waals surface area contributed by atoms with Crippen molar-refractivity contribution in [2.75, 3.05) is 6.61 Å². The molecule has 2 nitrogen and oxygen atoms in total. The summed E-state index contributed by atoms with van der Waals surface area (Å²) in [5, 5.41) is 0.676. The van der Waals surface area contributed by atoms with Gasteiger partial charge in [-0.3, -0.25) is 4.79 Å². The number of aryl methyl sites for hydroxylation is 1. The van der Waals surface area contributed by atoms with Gasteiger partial charge in [0.2, 0.25) is 0 Å². The van der Waals surface area contributed by atoms with Crippen molar-refractivity contribution in [3.8, 4) is 5.75 Å². The Kier molecular flexibility index (Phi) is 3.29. The molecule has 0 bridgehead atoms. The van der Waals surface area contributed by atoms with Crippen LogP contribution in [0.5, 0.6) is 5.75 Å². The molecule has 0 atom stereocenters. The van der Waals surface area contributed by atoms with Crippen LogP contribution in [-0.2, 0) is 5.41 Å². The van der Waals surface area contributed by atoms with Crippen LogP contribution in [0.4, 0.5) is 0 Å². The molecule has 0 unspecified atom stereocenters. The molecule has 0 fully saturated rings. The number of rotatable bonds is 2. The molecule has 0 aromatic heterocycles. The van der Waals surface area contributed by atoms with E-state index in [4.69, 9.17) is 16.3 Å². The van der Waals surface area contributed by atoms with E-state index in [0.29, 0.717) is 22.8 Å². The van der Waals surface area contributed by atoms with E-state index in [0.717, 1.165) is 16.9 Å². The third-order valence-corrected chi connectivity index (χ3v) is 4.40. The molecule has 1 aliphatic rings. The van der Waals surface area contributed by atoms with Gasteiger partial charge in [0.15, 0.2) is 5.78 Å². The molecule has 0 spiro atoms. The van der Waals surface area contributed by atoms with Crippen molar-refractivity contribution in [2.45, 2.75) is 26.2 Å². The number of benzene rings is 2. The third-order valence-electron chi connectivity index (χ3n) is 3.98. The summed E-state index contributed by atoms with van der Waals surface area (Å²) in [6.45, 7) is 6.80. The number of fused-ring (bicyclic) bond motifs is 1. The molecule has 0 saturated carbocycles. The Morgan fingerprint density at radius 3 is 2.52 bits per heavy atom. The number of ether oxygens (including phenoxy) is 1. The zero-order valence-corrected chi connectivity index (χ0v) is 13.1. The Labute approximate surface area is 129 Å². The fraction of sp³-hybridized carbons (Fsp3) is 0.278. The van der Waals surface area contributed by atoms with Gasteiger partial charge in [-0.1, -0.05) is 25.4 Å². The molecule has 0 saturated heterocycles. The Balaban J connectivity index is 2.01. The maximum absolute atomic E-state index is 12.6. The Bertz CT molecular complexity index is 732. The van der Waals surface area contributed by atoms with Crippen LogP contribution in [0.15, 0.2) is 36.4 Å². The fourth-order valence-corrected chi connectivity index (χ4v) is 2.73. The highest BCUT2D eigenvalue weighted by molar-refractivity contribution is 6.31. The monoisotopic (exact) mass is 300 g/mol. The van der Waals surface area contributed by atoms with Gasteiger partial charge < -0.3 is 4.74 Å². The van der Waals surface area contributed by atoms with Gasteiger partial charge in [0.25, 0.3) is 0 Å². The van der Waals surface area contributed by atoms with Crippen LogP contribution < -0.4 is 4.74 Å². The van der Waals surface area contributed by atoms with Crippen molar-refractivity contribution in [1.82, 2.24) is 0 Å². The molecule has 21 heavy (non-hydrogen) atoms. The summed E-state index contributed by atoms with van der Waals surface area (Å²) in [5.74, 6) is 0.893. The average Bonchev–Trinajstić information content (AvgIpc) is 2.76. The summed E-state index contributed by atoms with van der Waals surface area (Å²) in [7, 11) is 0. The smallest absolute Gasteiger partial charge is 0.193 e. The molecular formula is C18H17ClO2. The molecule has 3 heteroatoms. The summed E-state index contributed by atoms with van der Waals surface area (Å²) in [4.78, 5) is 12.6. The first-order chi connectivity index (χ1) is 9.88. The predicted octanol–water partition coefficient (Wildman–Crippen LogP) is 4.55. The molecule has 0 N–H and O–H groups in total. The Morgan fingerprint density at radius 2 is 1.81 bits per heavy atom. The van der Waals surface area contributed by atoms with E-state index < -0.39 is 0 Å². The average molecular weight is 301 g/mol. The first-order valence-electron chi connectivity index (χ1n) is 6.97. The maximum atomic E-state index is 12.6. The van der Waals surface area contributed by atoms with Crippen LogP contribution >= 0.6 is 11.6 Å². The van der Waals surface area contributed by atoms with Gasteiger partial charge in [0.1, 0.15) is 5.75 Å². The second-order valence-electron chi connectivity index (χ2n) is 6.18. The van der Waals surface area contributed by atoms with Gasteiger partial charge in [0.05, 0.1) is 6.61 Å². The number of carbonyl (C=O) groups excluding carboxylic acids is 1. The molecule has 0 amide bonds. The quantitative estimate of drug-likeness (QED) is 0.761. The lowest BCUT2D eigenvalue weighted by molar-refractivity contribution is 0.103. The zero-order chi connectivity index (χ0) is 15.2. The third kappa shape index (κ3) is 2.44. The van der Waals surface area contributed by atoms with Gasteiger partial charge in [-0.05, 0) is 48.9 Å². The summed E-state index contributed by atoms with van der Waals surface area (Å²) >= 11 is 6.02. The standard InChI is InChI=1S/C18H17ClO2/c1-11-8-12(4-6-15(11)19)17(20)13-5-7-16-14(9-13)18(2,3)10-21-16/h4-9H,10H2,1-3H3. The highest BCUT2D eigenvalue weighted by Crippen LogP contribution is 2.39. The highest BCUT2D eigenvalue weighted by atomic mass is 35.5. The predicted molar refractivity (Wildman–Crippen MR) is 84.6 cm³/mol. The van der Waals surface area contributed by atoms with E-state index in [9.17, 15) is 4.79 Å². The first-order valence-corrected chi connectivity index (χ1v) is 7.34. The Morgan fingerprint density at radius 1 is 1.14 bits per heavy atom. The summed E-state index contributed by atoms with van der Waals surface area (Å²) < 4.78 is 5.66. The topological polar surface area (TPSA) is 26.3 Å². The van der Waals surface area contributed by atoms with Crippen molar-refractivity contribution in [3.63, 3.8) is 0 Å². The van der Waals surface area contributed by atoms with Crippen molar-refractivity contribution >= 4 is 17.4 Å². The molecule has 2 aromatic rings. The minimum absolute atomic E-state index is 0.0141. The summed E-state index contributed by atoms with van der Waals surface area (Å²) in [6.07, 6.45) is 0. The van der Waals surface area contributed by atoms with Crippen LogP contribution in [0.25, 0.3) is 0 Å². The van der Waals surface area contributed by atoms with E-state index in [1.54, 1.807) is 12.1 Å². The molecule has 3 rings (SSSR count). The molecule has 108 valence electrons. The number of ketones is 1. The summed E-state index contributed by atoms with van der Waals surface area (Å²) in [5.41, 5.74) is 3.30. The largest absolute Gasteiger partial charge is 0.492 e. The fourth-order valence-electron chi connectivity index (χ4n) is 2.61. The van der Waals surface area contributed by atoms with Crippen LogP contribution in [0.3, 0.4) is 0 Å². The zero-order valence-electron chi connectivity index (χ0n) is 12.4. The normalized spacial score (nSPS) is 15.4. The minimum Gasteiger partial charge on any atom is -0.492 e. The maximum Gasteiger partial charge on any atom is 0.193 e. The van der Waals surface area contributed by atoms with Crippen molar-refractivity contribution in [1.29, 1.82) is 0 Å². The van der Waals surface area contributed by atoms with E-state index in [-0.39, 0.29) is 11.2 Å². The van der Waals surface area contributed by atoms with Crippen LogP contribution in [0, 0.1) is 6.92 Å². The lowest BCUT2D eigenvalue weighted by Crippen LogP contribution is -2.18. The van der Waals surface area contributed by atoms with E-state index in [1.165, 1.54) is 0 Å². The van der Waals surface area contributed by atoms with Crippen molar-refractivity contribution < 1.29 is 9.53 Å². The molecule has 1 aliphatic heterocycles. The molecule has 0 aliphatic carbocycles. The van der Waals surface area contributed by atoms with Gasteiger partial charge >= 0.3 is 0 Å². The van der Waals surface area contributed by atoms with Gasteiger partial charge in [-0.25, -0.2) is 0 Å². The number of hydrogen-bond donors (Lipinski definition) is 0. The van der Waals surface area contributed by atoms with Gasteiger partial charge in [0, 0.05) is 27.1 Å². The molecule has 2 aromatic carbocycles. The first kappa shape index (κ1) is 14.2. The Hall–Kier alpha value is -1.80. The lowest BCUT2D eigenvalue weighted by atomic mass is 9.85. The SMILES string of the molecule is Cc1cc(C(=O)c2ccc3c(c2)C(C)(C)CO3)ccc1Cl. The van der Waals surface area contributed by atoms with Crippen molar-refractivity contribution in [3.05, 3.63) is 63.7 Å². The second-order valence-corrected chi connectivity index (χ2v) is 6.58. The van der Waals surface area contributed by atoms with Gasteiger partial charge in [-0.15, -0.1) is 0 Å². The van der Waals surface area contributed by atoms with E-state index in [1.807, 2.05) is 31.2 Å². The molecule has 1 heterocycles. The lowest BCUT2D eigenvalue weighted by Gasteiger charge is -2.15. The molecule has 0 radical (unpaired) electrons. The van der Waals surface area contributed by atoms with Crippen LogP contribution in [0.1, 0.15) is 40.9 Å².